The quantitative estimate of drug-likeness (QED) is 0.418. The van der Waals surface area contributed by atoms with Crippen LogP contribution >= 0.6 is 23.8 Å². The summed E-state index contributed by atoms with van der Waals surface area (Å²) in [6, 6.07) is 15.0. The fraction of sp³-hybridized carbons (Fsp3) is 0.111. The number of nitrogens with one attached hydrogen (secondary N) is 4. The fourth-order valence-corrected chi connectivity index (χ4v) is 2.88. The van der Waals surface area contributed by atoms with Gasteiger partial charge in [0.2, 0.25) is 5.91 Å². The third-order valence-electron chi connectivity index (χ3n) is 3.78. The van der Waals surface area contributed by atoms with Crippen molar-refractivity contribution in [2.45, 2.75) is 13.3 Å². The average Bonchev–Trinajstić information content (AvgIpc) is 2.91. The van der Waals surface area contributed by atoms with Crippen LogP contribution in [0.2, 0.25) is 5.02 Å². The number of para-hydroxylation sites is 1. The zero-order valence-electron chi connectivity index (χ0n) is 13.5. The molecule has 0 spiro atoms. The van der Waals surface area contributed by atoms with Gasteiger partial charge in [-0.1, -0.05) is 29.8 Å². The molecule has 0 aliphatic rings. The number of aromatic nitrogens is 1. The number of halogens is 1. The van der Waals surface area contributed by atoms with Crippen LogP contribution in [0.1, 0.15) is 11.3 Å². The number of aromatic amines is 1. The van der Waals surface area contributed by atoms with Crippen molar-refractivity contribution in [1.29, 1.82) is 0 Å². The summed E-state index contributed by atoms with van der Waals surface area (Å²) in [5, 5.41) is 4.96. The first kappa shape index (κ1) is 17.3. The average molecular weight is 373 g/mol. The Bertz CT molecular complexity index is 920. The molecule has 0 fully saturated rings. The van der Waals surface area contributed by atoms with E-state index in [1.807, 2.05) is 31.2 Å². The molecule has 1 aromatic heterocycles. The largest absolute Gasteiger partial charge is 0.358 e. The molecule has 25 heavy (non-hydrogen) atoms. The smallest absolute Gasteiger partial charge is 0.242 e. The maximum absolute atomic E-state index is 12.2. The number of aryl methyl sites for hydroxylation is 1. The van der Waals surface area contributed by atoms with Crippen molar-refractivity contribution in [1.82, 2.24) is 15.8 Å². The van der Waals surface area contributed by atoms with Crippen LogP contribution in [0.15, 0.2) is 48.5 Å². The van der Waals surface area contributed by atoms with Crippen molar-refractivity contribution in [3.05, 3.63) is 64.8 Å². The Morgan fingerprint density at radius 1 is 1.12 bits per heavy atom. The molecule has 7 heteroatoms. The number of benzene rings is 2. The van der Waals surface area contributed by atoms with Crippen molar-refractivity contribution < 1.29 is 4.79 Å². The normalized spacial score (nSPS) is 10.5. The number of amides is 1. The highest BCUT2D eigenvalue weighted by molar-refractivity contribution is 7.80. The number of carbonyl (C=O) groups is 1. The molecule has 0 bridgehead atoms. The Hall–Kier alpha value is -2.57. The first-order chi connectivity index (χ1) is 12.0. The van der Waals surface area contributed by atoms with Crippen LogP contribution in [0.25, 0.3) is 10.9 Å². The summed E-state index contributed by atoms with van der Waals surface area (Å²) in [6.45, 7) is 1.96. The van der Waals surface area contributed by atoms with Gasteiger partial charge < -0.3 is 10.3 Å². The number of H-pyrrole nitrogens is 1. The van der Waals surface area contributed by atoms with Crippen LogP contribution < -0.4 is 16.2 Å². The number of hydrazine groups is 1. The Morgan fingerprint density at radius 2 is 1.84 bits per heavy atom. The van der Waals surface area contributed by atoms with Gasteiger partial charge in [0.1, 0.15) is 0 Å². The Balaban J connectivity index is 1.56. The molecule has 1 amide bonds. The third kappa shape index (κ3) is 4.29. The SMILES string of the molecule is Cc1[nH]c2ccccc2c1CC(=O)NNC(=S)Nc1ccc(Cl)cc1. The molecule has 1 heterocycles. The molecular weight excluding hydrogens is 356 g/mol. The van der Waals surface area contributed by atoms with Crippen LogP contribution in [-0.2, 0) is 11.2 Å². The van der Waals surface area contributed by atoms with E-state index in [9.17, 15) is 4.79 Å². The standard InChI is InChI=1S/C18H17ClN4OS/c1-11-15(14-4-2-3-5-16(14)20-11)10-17(24)22-23-18(25)21-13-8-6-12(19)7-9-13/h2-9,20H,10H2,1H3,(H,22,24)(H2,21,23,25). The van der Waals surface area contributed by atoms with Gasteiger partial charge in [0.25, 0.3) is 0 Å². The van der Waals surface area contributed by atoms with Crippen LogP contribution in [0.4, 0.5) is 5.69 Å². The van der Waals surface area contributed by atoms with Crippen molar-refractivity contribution in [2.24, 2.45) is 0 Å². The number of rotatable bonds is 3. The second-order valence-electron chi connectivity index (χ2n) is 5.59. The van der Waals surface area contributed by atoms with E-state index in [0.29, 0.717) is 10.1 Å². The zero-order valence-corrected chi connectivity index (χ0v) is 15.1. The molecule has 2 aromatic carbocycles. The second kappa shape index (κ2) is 7.55. The van der Waals surface area contributed by atoms with E-state index in [1.54, 1.807) is 24.3 Å². The molecule has 0 aliphatic heterocycles. The van der Waals surface area contributed by atoms with Gasteiger partial charge in [0, 0.05) is 27.3 Å². The predicted octanol–water partition coefficient (Wildman–Crippen LogP) is 3.69. The molecule has 0 saturated heterocycles. The predicted molar refractivity (Wildman–Crippen MR) is 106 cm³/mol. The van der Waals surface area contributed by atoms with E-state index >= 15 is 0 Å². The van der Waals surface area contributed by atoms with Crippen LogP contribution in [0.5, 0.6) is 0 Å². The molecule has 128 valence electrons. The molecular formula is C18H17ClN4OS. The number of hydrogen-bond acceptors (Lipinski definition) is 2. The minimum Gasteiger partial charge on any atom is -0.358 e. The number of hydrogen-bond donors (Lipinski definition) is 4. The molecule has 5 nitrogen and oxygen atoms in total. The molecule has 0 unspecified atom stereocenters. The summed E-state index contributed by atoms with van der Waals surface area (Å²) in [4.78, 5) is 15.5. The van der Waals surface area contributed by atoms with E-state index in [1.165, 1.54) is 0 Å². The van der Waals surface area contributed by atoms with E-state index in [-0.39, 0.29) is 12.3 Å². The fourth-order valence-electron chi connectivity index (χ4n) is 2.59. The number of carbonyl (C=O) groups excluding carboxylic acids is 1. The van der Waals surface area contributed by atoms with Crippen LogP contribution in [-0.4, -0.2) is 16.0 Å². The highest BCUT2D eigenvalue weighted by Crippen LogP contribution is 2.22. The molecule has 0 radical (unpaired) electrons. The lowest BCUT2D eigenvalue weighted by molar-refractivity contribution is -0.120. The van der Waals surface area contributed by atoms with Gasteiger partial charge in [0.05, 0.1) is 6.42 Å². The Kier molecular flexibility index (Phi) is 5.21. The van der Waals surface area contributed by atoms with Crippen molar-refractivity contribution >= 4 is 51.4 Å². The molecule has 3 aromatic rings. The van der Waals surface area contributed by atoms with Crippen LogP contribution in [0.3, 0.4) is 0 Å². The molecule has 0 atom stereocenters. The van der Waals surface area contributed by atoms with Gasteiger partial charge in [-0.05, 0) is 55.0 Å². The maximum atomic E-state index is 12.2. The highest BCUT2D eigenvalue weighted by Gasteiger charge is 2.12. The van der Waals surface area contributed by atoms with Gasteiger partial charge in [-0.3, -0.25) is 15.6 Å². The van der Waals surface area contributed by atoms with Crippen molar-refractivity contribution in [2.75, 3.05) is 5.32 Å². The van der Waals surface area contributed by atoms with Gasteiger partial charge in [0.15, 0.2) is 5.11 Å². The van der Waals surface area contributed by atoms with Crippen molar-refractivity contribution in [3.8, 4) is 0 Å². The topological polar surface area (TPSA) is 69.0 Å². The van der Waals surface area contributed by atoms with Gasteiger partial charge in [-0.15, -0.1) is 0 Å². The molecule has 0 saturated carbocycles. The van der Waals surface area contributed by atoms with Gasteiger partial charge in [-0.2, -0.15) is 0 Å². The highest BCUT2D eigenvalue weighted by atomic mass is 35.5. The minimum absolute atomic E-state index is 0.173. The first-order valence-electron chi connectivity index (χ1n) is 7.70. The molecule has 0 aliphatic carbocycles. The number of thiocarbonyl (C=S) groups is 1. The van der Waals surface area contributed by atoms with Gasteiger partial charge >= 0.3 is 0 Å². The lowest BCUT2D eigenvalue weighted by Crippen LogP contribution is -2.44. The Morgan fingerprint density at radius 3 is 2.60 bits per heavy atom. The summed E-state index contributed by atoms with van der Waals surface area (Å²) in [6.07, 6.45) is 0.256. The van der Waals surface area contributed by atoms with E-state index < -0.39 is 0 Å². The second-order valence-corrected chi connectivity index (χ2v) is 6.43. The zero-order chi connectivity index (χ0) is 17.8. The first-order valence-corrected chi connectivity index (χ1v) is 8.49. The van der Waals surface area contributed by atoms with Gasteiger partial charge in [-0.25, -0.2) is 0 Å². The lowest BCUT2D eigenvalue weighted by Gasteiger charge is -2.11. The summed E-state index contributed by atoms with van der Waals surface area (Å²) >= 11 is 11.0. The summed E-state index contributed by atoms with van der Waals surface area (Å²) in [5.41, 5.74) is 9.08. The maximum Gasteiger partial charge on any atom is 0.242 e. The Labute approximate surface area is 155 Å². The monoisotopic (exact) mass is 372 g/mol. The summed E-state index contributed by atoms with van der Waals surface area (Å²) in [5.74, 6) is -0.173. The number of fused-ring (bicyclic) bond motifs is 1. The summed E-state index contributed by atoms with van der Waals surface area (Å²) in [7, 11) is 0. The van der Waals surface area contributed by atoms with E-state index in [2.05, 4.69) is 21.2 Å². The minimum atomic E-state index is -0.173. The number of anilines is 1. The van der Waals surface area contributed by atoms with E-state index in [0.717, 1.165) is 27.8 Å². The third-order valence-corrected chi connectivity index (χ3v) is 4.24. The summed E-state index contributed by atoms with van der Waals surface area (Å²) < 4.78 is 0. The van der Waals surface area contributed by atoms with Crippen LogP contribution in [0, 0.1) is 6.92 Å². The lowest BCUT2D eigenvalue weighted by atomic mass is 10.1. The molecule has 3 rings (SSSR count). The molecule has 4 N–H and O–H groups in total. The van der Waals surface area contributed by atoms with E-state index in [4.69, 9.17) is 23.8 Å². The van der Waals surface area contributed by atoms with Crippen molar-refractivity contribution in [3.63, 3.8) is 0 Å².